The quantitative estimate of drug-likeness (QED) is 0.719. The second-order valence-corrected chi connectivity index (χ2v) is 8.09. The summed E-state index contributed by atoms with van der Waals surface area (Å²) in [6.07, 6.45) is 5.40. The molecule has 0 spiro atoms. The largest absolute Gasteiger partial charge is 0.385 e. The Morgan fingerprint density at radius 1 is 1.28 bits per heavy atom. The molecule has 0 bridgehead atoms. The number of hydrogen-bond acceptors (Lipinski definition) is 2. The monoisotopic (exact) mass is 266 g/mol. The number of hydrogen-bond donors (Lipinski definition) is 1. The second-order valence-electron chi connectivity index (χ2n) is 6.97. The van der Waals surface area contributed by atoms with Crippen molar-refractivity contribution in [2.24, 2.45) is 11.3 Å². The molecule has 102 valence electrons. The fourth-order valence-corrected chi connectivity index (χ4v) is 3.96. The molecule has 18 heavy (non-hydrogen) atoms. The van der Waals surface area contributed by atoms with E-state index in [-0.39, 0.29) is 0 Å². The molecule has 1 fully saturated rings. The van der Waals surface area contributed by atoms with Crippen LogP contribution in [0.5, 0.6) is 0 Å². The molecule has 1 aliphatic carbocycles. The topological polar surface area (TPSA) is 20.2 Å². The van der Waals surface area contributed by atoms with Crippen LogP contribution in [0.1, 0.15) is 63.3 Å². The molecule has 2 atom stereocenters. The van der Waals surface area contributed by atoms with E-state index in [0.717, 1.165) is 37.2 Å². The SMILES string of the molecule is Cc1cc(C2(O)CCCC(C(C)(C)C)CC2)cs1. The highest BCUT2D eigenvalue weighted by molar-refractivity contribution is 7.10. The Hall–Kier alpha value is -0.340. The summed E-state index contributed by atoms with van der Waals surface area (Å²) in [5.74, 6) is 0.742. The van der Waals surface area contributed by atoms with Crippen molar-refractivity contribution in [1.29, 1.82) is 0 Å². The van der Waals surface area contributed by atoms with Crippen molar-refractivity contribution in [3.63, 3.8) is 0 Å². The van der Waals surface area contributed by atoms with Crippen molar-refractivity contribution < 1.29 is 5.11 Å². The maximum atomic E-state index is 10.9. The first-order chi connectivity index (χ1) is 8.31. The molecule has 1 saturated carbocycles. The maximum Gasteiger partial charge on any atom is 0.0904 e. The van der Waals surface area contributed by atoms with Gasteiger partial charge in [-0.1, -0.05) is 20.8 Å². The Bertz CT molecular complexity index is 401. The van der Waals surface area contributed by atoms with Crippen LogP contribution in [0.25, 0.3) is 0 Å². The Kier molecular flexibility index (Phi) is 3.89. The van der Waals surface area contributed by atoms with Crippen LogP contribution < -0.4 is 0 Å². The summed E-state index contributed by atoms with van der Waals surface area (Å²) in [4.78, 5) is 1.30. The van der Waals surface area contributed by atoms with Gasteiger partial charge >= 0.3 is 0 Å². The van der Waals surface area contributed by atoms with Crippen LogP contribution in [0.15, 0.2) is 11.4 Å². The standard InChI is InChI=1S/C16H26OS/c1-12-10-14(11-18-12)16(17)8-5-6-13(7-9-16)15(2,3)4/h10-11,13,17H,5-9H2,1-4H3. The van der Waals surface area contributed by atoms with Gasteiger partial charge in [0.1, 0.15) is 0 Å². The van der Waals surface area contributed by atoms with Crippen molar-refractivity contribution in [2.75, 3.05) is 0 Å². The highest BCUT2D eigenvalue weighted by atomic mass is 32.1. The van der Waals surface area contributed by atoms with Gasteiger partial charge in [0.2, 0.25) is 0 Å². The molecule has 1 nitrogen and oxygen atoms in total. The predicted octanol–water partition coefficient (Wildman–Crippen LogP) is 4.87. The Balaban J connectivity index is 2.13. The molecule has 1 heterocycles. The summed E-state index contributed by atoms with van der Waals surface area (Å²) >= 11 is 1.75. The fraction of sp³-hybridized carbons (Fsp3) is 0.750. The van der Waals surface area contributed by atoms with Gasteiger partial charge in [-0.2, -0.15) is 0 Å². The average molecular weight is 266 g/mol. The lowest BCUT2D eigenvalue weighted by molar-refractivity contribution is 0.0183. The third kappa shape index (κ3) is 2.97. The summed E-state index contributed by atoms with van der Waals surface area (Å²) < 4.78 is 0. The fourth-order valence-electron chi connectivity index (χ4n) is 3.17. The number of rotatable bonds is 1. The lowest BCUT2D eigenvalue weighted by Crippen LogP contribution is -2.25. The minimum atomic E-state index is -0.565. The molecule has 2 heteroatoms. The number of aliphatic hydroxyl groups is 1. The highest BCUT2D eigenvalue weighted by Gasteiger charge is 2.36. The Morgan fingerprint density at radius 2 is 2.00 bits per heavy atom. The molecule has 1 aliphatic rings. The first-order valence-electron chi connectivity index (χ1n) is 7.09. The van der Waals surface area contributed by atoms with E-state index in [2.05, 4.69) is 39.1 Å². The minimum absolute atomic E-state index is 0.371. The summed E-state index contributed by atoms with van der Waals surface area (Å²) in [6, 6.07) is 2.17. The maximum absolute atomic E-state index is 10.9. The molecule has 0 aromatic carbocycles. The molecule has 0 saturated heterocycles. The van der Waals surface area contributed by atoms with Gasteiger partial charge in [0, 0.05) is 4.88 Å². The molecule has 0 radical (unpaired) electrons. The van der Waals surface area contributed by atoms with Gasteiger partial charge in [0.05, 0.1) is 5.60 Å². The van der Waals surface area contributed by atoms with E-state index in [1.165, 1.54) is 11.3 Å². The van der Waals surface area contributed by atoms with Crippen molar-refractivity contribution in [3.8, 4) is 0 Å². The van der Waals surface area contributed by atoms with Crippen molar-refractivity contribution in [1.82, 2.24) is 0 Å². The molecule has 2 unspecified atom stereocenters. The predicted molar refractivity (Wildman–Crippen MR) is 79.0 cm³/mol. The van der Waals surface area contributed by atoms with Gasteiger partial charge in [-0.15, -0.1) is 11.3 Å². The summed E-state index contributed by atoms with van der Waals surface area (Å²) in [5, 5.41) is 13.1. The lowest BCUT2D eigenvalue weighted by atomic mass is 9.76. The second kappa shape index (κ2) is 4.97. The van der Waals surface area contributed by atoms with Gasteiger partial charge in [0.15, 0.2) is 0 Å². The zero-order valence-electron chi connectivity index (χ0n) is 12.1. The van der Waals surface area contributed by atoms with Gasteiger partial charge < -0.3 is 5.11 Å². The number of thiophene rings is 1. The molecule has 1 N–H and O–H groups in total. The van der Waals surface area contributed by atoms with E-state index in [9.17, 15) is 5.11 Å². The molecule has 2 rings (SSSR count). The first kappa shape index (κ1) is 14.1. The molecular weight excluding hydrogens is 240 g/mol. The molecule has 1 aromatic rings. The van der Waals surface area contributed by atoms with Crippen molar-refractivity contribution in [2.45, 2.75) is 65.4 Å². The van der Waals surface area contributed by atoms with Gasteiger partial charge in [0.25, 0.3) is 0 Å². The summed E-state index contributed by atoms with van der Waals surface area (Å²) in [5.41, 5.74) is 0.958. The average Bonchev–Trinajstić information content (AvgIpc) is 2.58. The molecule has 0 amide bonds. The van der Waals surface area contributed by atoms with E-state index in [1.54, 1.807) is 11.3 Å². The summed E-state index contributed by atoms with van der Waals surface area (Å²) in [7, 11) is 0. The zero-order valence-corrected chi connectivity index (χ0v) is 12.9. The normalized spacial score (nSPS) is 30.2. The molecule has 1 aromatic heterocycles. The van der Waals surface area contributed by atoms with E-state index < -0.39 is 5.60 Å². The van der Waals surface area contributed by atoms with Crippen LogP contribution in [0.4, 0.5) is 0 Å². The van der Waals surface area contributed by atoms with Crippen LogP contribution in [-0.2, 0) is 5.60 Å². The van der Waals surface area contributed by atoms with Gasteiger partial charge in [-0.05, 0) is 67.4 Å². The summed E-state index contributed by atoms with van der Waals surface area (Å²) in [6.45, 7) is 9.11. The highest BCUT2D eigenvalue weighted by Crippen LogP contribution is 2.44. The third-order valence-electron chi connectivity index (χ3n) is 4.54. The van der Waals surface area contributed by atoms with E-state index >= 15 is 0 Å². The minimum Gasteiger partial charge on any atom is -0.385 e. The Morgan fingerprint density at radius 3 is 2.56 bits per heavy atom. The van der Waals surface area contributed by atoms with Crippen LogP contribution >= 0.6 is 11.3 Å². The lowest BCUT2D eigenvalue weighted by Gasteiger charge is -2.30. The van der Waals surface area contributed by atoms with E-state index in [0.29, 0.717) is 5.41 Å². The van der Waals surface area contributed by atoms with Crippen LogP contribution in [-0.4, -0.2) is 5.11 Å². The first-order valence-corrected chi connectivity index (χ1v) is 7.97. The van der Waals surface area contributed by atoms with Crippen LogP contribution in [0.2, 0.25) is 0 Å². The van der Waals surface area contributed by atoms with Crippen LogP contribution in [0.3, 0.4) is 0 Å². The van der Waals surface area contributed by atoms with Gasteiger partial charge in [-0.3, -0.25) is 0 Å². The molecular formula is C16H26OS. The molecule has 0 aliphatic heterocycles. The smallest absolute Gasteiger partial charge is 0.0904 e. The van der Waals surface area contributed by atoms with Crippen molar-refractivity contribution >= 4 is 11.3 Å². The Labute approximate surface area is 115 Å². The zero-order chi connectivity index (χ0) is 13.4. The van der Waals surface area contributed by atoms with Crippen LogP contribution in [0, 0.1) is 18.3 Å². The van der Waals surface area contributed by atoms with Crippen molar-refractivity contribution in [3.05, 3.63) is 21.9 Å². The number of aryl methyl sites for hydroxylation is 1. The van der Waals surface area contributed by atoms with E-state index in [1.807, 2.05) is 0 Å². The third-order valence-corrected chi connectivity index (χ3v) is 5.40. The van der Waals surface area contributed by atoms with E-state index in [4.69, 9.17) is 0 Å². The van der Waals surface area contributed by atoms with Gasteiger partial charge in [-0.25, -0.2) is 0 Å².